The second-order valence-corrected chi connectivity index (χ2v) is 10.0. The minimum Gasteiger partial charge on any atom is -0.495 e. The van der Waals surface area contributed by atoms with Crippen LogP contribution in [0.5, 0.6) is 11.5 Å². The first-order valence-corrected chi connectivity index (χ1v) is 10.4. The molecule has 0 fully saturated rings. The van der Waals surface area contributed by atoms with Crippen molar-refractivity contribution >= 4 is 21.5 Å². The second kappa shape index (κ2) is 7.69. The molecule has 168 valence electrons. The number of benzene rings is 2. The smallest absolute Gasteiger partial charge is 0.237 e. The van der Waals surface area contributed by atoms with E-state index in [1.54, 1.807) is 24.3 Å². The van der Waals surface area contributed by atoms with Gasteiger partial charge in [0.15, 0.2) is 0 Å². The zero-order valence-corrected chi connectivity index (χ0v) is 19.8. The SMILES string of the molecule is COc1c2cc(C(C)(C)C)cc1c(=O)c(=O)c1cc(C(C)(C)C)cc(c1OC)c(=O)c2=O. The van der Waals surface area contributed by atoms with Crippen LogP contribution in [-0.4, -0.2) is 14.2 Å². The van der Waals surface area contributed by atoms with Gasteiger partial charge in [-0.1, -0.05) is 41.5 Å². The summed E-state index contributed by atoms with van der Waals surface area (Å²) in [7, 11) is 2.61. The minimum absolute atomic E-state index is 0.0484. The molecule has 0 unspecified atom stereocenters. The molecule has 0 saturated carbocycles. The van der Waals surface area contributed by atoms with Crippen LogP contribution in [0, 0.1) is 0 Å². The van der Waals surface area contributed by atoms with E-state index >= 15 is 0 Å². The Morgan fingerprint density at radius 2 is 0.719 bits per heavy atom. The van der Waals surface area contributed by atoms with Crippen LogP contribution in [0.3, 0.4) is 0 Å². The number of rotatable bonds is 2. The molecule has 3 aromatic rings. The van der Waals surface area contributed by atoms with Gasteiger partial charge in [-0.05, 0) is 46.2 Å². The number of fused-ring (bicyclic) bond motifs is 4. The number of methoxy groups -OCH3 is 2. The number of hydrogen-bond donors (Lipinski definition) is 0. The Hall–Kier alpha value is -3.28. The van der Waals surface area contributed by atoms with E-state index in [2.05, 4.69) is 0 Å². The van der Waals surface area contributed by atoms with E-state index in [-0.39, 0.29) is 33.0 Å². The normalized spacial score (nSPS) is 12.2. The topological polar surface area (TPSA) is 86.7 Å². The van der Waals surface area contributed by atoms with Gasteiger partial charge in [-0.3, -0.25) is 19.2 Å². The zero-order chi connectivity index (χ0) is 24.2. The van der Waals surface area contributed by atoms with Crippen molar-refractivity contribution in [3.8, 4) is 11.5 Å². The van der Waals surface area contributed by atoms with Crippen molar-refractivity contribution in [3.63, 3.8) is 0 Å². The van der Waals surface area contributed by atoms with E-state index in [4.69, 9.17) is 9.47 Å². The average molecular weight is 437 g/mol. The second-order valence-electron chi connectivity index (χ2n) is 10.0. The predicted molar refractivity (Wildman–Crippen MR) is 128 cm³/mol. The molecule has 0 N–H and O–H groups in total. The fraction of sp³-hybridized carbons (Fsp3) is 0.385. The molecule has 3 aromatic carbocycles. The van der Waals surface area contributed by atoms with E-state index in [0.29, 0.717) is 11.1 Å². The van der Waals surface area contributed by atoms with Gasteiger partial charge in [0.05, 0.1) is 35.8 Å². The van der Waals surface area contributed by atoms with Crippen molar-refractivity contribution in [1.82, 2.24) is 0 Å². The summed E-state index contributed by atoms with van der Waals surface area (Å²) in [6.45, 7) is 11.5. The van der Waals surface area contributed by atoms with Crippen molar-refractivity contribution in [1.29, 1.82) is 0 Å². The highest BCUT2D eigenvalue weighted by molar-refractivity contribution is 5.87. The third-order valence-electron chi connectivity index (χ3n) is 5.71. The fourth-order valence-corrected chi connectivity index (χ4v) is 3.73. The molecule has 6 nitrogen and oxygen atoms in total. The molecule has 0 amide bonds. The fourth-order valence-electron chi connectivity index (χ4n) is 3.73. The van der Waals surface area contributed by atoms with E-state index in [9.17, 15) is 19.2 Å². The van der Waals surface area contributed by atoms with E-state index in [0.717, 1.165) is 0 Å². The first kappa shape index (κ1) is 23.4. The van der Waals surface area contributed by atoms with Gasteiger partial charge in [-0.15, -0.1) is 0 Å². The Labute approximate surface area is 185 Å². The lowest BCUT2D eigenvalue weighted by molar-refractivity contribution is 0.422. The lowest BCUT2D eigenvalue weighted by atomic mass is 9.84. The lowest BCUT2D eigenvalue weighted by Crippen LogP contribution is -2.28. The lowest BCUT2D eigenvalue weighted by Gasteiger charge is -2.21. The molecular weight excluding hydrogens is 408 g/mol. The Morgan fingerprint density at radius 3 is 0.875 bits per heavy atom. The van der Waals surface area contributed by atoms with Crippen molar-refractivity contribution in [3.05, 3.63) is 76.3 Å². The highest BCUT2D eigenvalue weighted by Gasteiger charge is 2.23. The molecule has 0 aliphatic carbocycles. The molecule has 0 saturated heterocycles. The van der Waals surface area contributed by atoms with Crippen molar-refractivity contribution in [2.24, 2.45) is 0 Å². The van der Waals surface area contributed by atoms with Gasteiger partial charge in [-0.2, -0.15) is 0 Å². The standard InChI is InChI=1S/C26H28O6/c1-25(2,3)13-9-15-19(27)21(29)17-11-14(26(4,5)6)12-18(24(17)32-8)22(30)20(28)16(10-13)23(15)31-7/h9-12H,1-8H3. The molecule has 0 heterocycles. The average Bonchev–Trinajstić information content (AvgIpc) is 2.73. The largest absolute Gasteiger partial charge is 0.495 e. The van der Waals surface area contributed by atoms with Gasteiger partial charge in [-0.25, -0.2) is 0 Å². The summed E-state index contributed by atoms with van der Waals surface area (Å²) in [6, 6.07) is 6.23. The van der Waals surface area contributed by atoms with Gasteiger partial charge in [0.1, 0.15) is 11.5 Å². The highest BCUT2D eigenvalue weighted by atomic mass is 16.5. The maximum Gasteiger partial charge on any atom is 0.237 e. The molecule has 3 rings (SSSR count). The zero-order valence-electron chi connectivity index (χ0n) is 19.8. The first-order valence-electron chi connectivity index (χ1n) is 10.4. The Kier molecular flexibility index (Phi) is 5.62. The summed E-state index contributed by atoms with van der Waals surface area (Å²) in [4.78, 5) is 53.7. The summed E-state index contributed by atoms with van der Waals surface area (Å²) in [5.41, 5.74) is -2.93. The van der Waals surface area contributed by atoms with Gasteiger partial charge < -0.3 is 9.47 Å². The van der Waals surface area contributed by atoms with Crippen molar-refractivity contribution in [2.75, 3.05) is 14.2 Å². The van der Waals surface area contributed by atoms with Crippen LogP contribution in [0.25, 0.3) is 21.5 Å². The molecular formula is C26H28O6. The molecule has 0 radical (unpaired) electrons. The quantitative estimate of drug-likeness (QED) is 0.572. The number of hydrogen-bond acceptors (Lipinski definition) is 6. The van der Waals surface area contributed by atoms with Crippen LogP contribution >= 0.6 is 0 Å². The van der Waals surface area contributed by atoms with Crippen LogP contribution in [0.1, 0.15) is 52.7 Å². The van der Waals surface area contributed by atoms with Gasteiger partial charge in [0.25, 0.3) is 0 Å². The van der Waals surface area contributed by atoms with Gasteiger partial charge in [0.2, 0.25) is 21.7 Å². The molecule has 32 heavy (non-hydrogen) atoms. The van der Waals surface area contributed by atoms with Gasteiger partial charge >= 0.3 is 0 Å². The van der Waals surface area contributed by atoms with Crippen molar-refractivity contribution in [2.45, 2.75) is 52.4 Å². The summed E-state index contributed by atoms with van der Waals surface area (Å²) in [5, 5.41) is -0.194. The van der Waals surface area contributed by atoms with E-state index < -0.39 is 32.5 Å². The van der Waals surface area contributed by atoms with E-state index in [1.807, 2.05) is 41.5 Å². The number of ether oxygens (including phenoxy) is 2. The Morgan fingerprint density at radius 1 is 0.500 bits per heavy atom. The van der Waals surface area contributed by atoms with Crippen molar-refractivity contribution < 1.29 is 9.47 Å². The predicted octanol–water partition coefficient (Wildman–Crippen LogP) is 3.48. The molecule has 0 aliphatic heterocycles. The molecule has 0 atom stereocenters. The molecule has 4 bridgehead atoms. The van der Waals surface area contributed by atoms with Crippen LogP contribution < -0.4 is 31.2 Å². The molecule has 0 aliphatic rings. The highest BCUT2D eigenvalue weighted by Crippen LogP contribution is 2.32. The first-order chi connectivity index (χ1) is 14.7. The molecule has 0 aromatic heterocycles. The van der Waals surface area contributed by atoms with Crippen LogP contribution in [0.4, 0.5) is 0 Å². The van der Waals surface area contributed by atoms with Gasteiger partial charge in [0, 0.05) is 0 Å². The summed E-state index contributed by atoms with van der Waals surface area (Å²) < 4.78 is 10.8. The van der Waals surface area contributed by atoms with Crippen LogP contribution in [0.15, 0.2) is 43.4 Å². The maximum atomic E-state index is 13.4. The summed E-state index contributed by atoms with van der Waals surface area (Å²) in [6.07, 6.45) is 0. The molecule has 6 heteroatoms. The third kappa shape index (κ3) is 3.74. The Bertz CT molecular complexity index is 1270. The third-order valence-corrected chi connectivity index (χ3v) is 5.71. The van der Waals surface area contributed by atoms with E-state index in [1.165, 1.54) is 14.2 Å². The maximum absolute atomic E-state index is 13.4. The van der Waals surface area contributed by atoms with Crippen LogP contribution in [0.2, 0.25) is 0 Å². The Balaban J connectivity index is 2.89. The van der Waals surface area contributed by atoms with Crippen LogP contribution in [-0.2, 0) is 10.8 Å². The minimum atomic E-state index is -0.827. The summed E-state index contributed by atoms with van der Waals surface area (Å²) in [5.74, 6) is -0.148. The summed E-state index contributed by atoms with van der Waals surface area (Å²) >= 11 is 0. The monoisotopic (exact) mass is 436 g/mol. The molecule has 0 spiro atoms.